The molecule has 0 radical (unpaired) electrons. The number of piperidine rings is 1. The molecule has 24 heavy (non-hydrogen) atoms. The highest BCUT2D eigenvalue weighted by Crippen LogP contribution is 2.47. The summed E-state index contributed by atoms with van der Waals surface area (Å²) >= 11 is 0. The Labute approximate surface area is 146 Å². The second kappa shape index (κ2) is 7.56. The van der Waals surface area contributed by atoms with E-state index in [-0.39, 0.29) is 0 Å². The minimum absolute atomic E-state index is 0.319. The molecule has 1 saturated carbocycles. The number of aliphatic imine (C=N–C) groups is 1. The predicted octanol–water partition coefficient (Wildman–Crippen LogP) is 2.76. The van der Waals surface area contributed by atoms with Crippen LogP contribution in [0.5, 0.6) is 0 Å². The molecule has 4 nitrogen and oxygen atoms in total. The molecule has 2 aliphatic rings. The van der Waals surface area contributed by atoms with E-state index in [1.54, 1.807) is 0 Å². The molecule has 0 bridgehead atoms. The number of nitrogens with zero attached hydrogens (tertiary/aromatic N) is 2. The molecule has 1 saturated heterocycles. The number of hydrogen-bond acceptors (Lipinski definition) is 2. The first-order chi connectivity index (χ1) is 11.6. The maximum Gasteiger partial charge on any atom is 0.191 e. The highest BCUT2D eigenvalue weighted by molar-refractivity contribution is 5.80. The third-order valence-corrected chi connectivity index (χ3v) is 5.66. The van der Waals surface area contributed by atoms with Crippen molar-refractivity contribution in [1.82, 2.24) is 15.5 Å². The first kappa shape index (κ1) is 17.3. The van der Waals surface area contributed by atoms with Crippen molar-refractivity contribution < 1.29 is 0 Å². The molecule has 1 aromatic rings. The van der Waals surface area contributed by atoms with Crippen LogP contribution in [0, 0.1) is 0 Å². The van der Waals surface area contributed by atoms with E-state index in [0.717, 1.165) is 12.5 Å². The molecule has 3 rings (SSSR count). The molecule has 2 fully saturated rings. The van der Waals surface area contributed by atoms with Crippen LogP contribution >= 0.6 is 0 Å². The summed E-state index contributed by atoms with van der Waals surface area (Å²) in [7, 11) is 1.88. The summed E-state index contributed by atoms with van der Waals surface area (Å²) in [5.74, 6) is 0.959. The van der Waals surface area contributed by atoms with Crippen LogP contribution < -0.4 is 10.6 Å². The summed E-state index contributed by atoms with van der Waals surface area (Å²) in [6, 6.07) is 12.1. The van der Waals surface area contributed by atoms with E-state index < -0.39 is 0 Å². The van der Waals surface area contributed by atoms with Gasteiger partial charge in [-0.3, -0.25) is 4.99 Å². The van der Waals surface area contributed by atoms with E-state index in [4.69, 9.17) is 0 Å². The molecule has 1 aromatic carbocycles. The van der Waals surface area contributed by atoms with Gasteiger partial charge in [0.05, 0.1) is 0 Å². The third kappa shape index (κ3) is 4.10. The smallest absolute Gasteiger partial charge is 0.191 e. The van der Waals surface area contributed by atoms with Gasteiger partial charge < -0.3 is 15.5 Å². The summed E-state index contributed by atoms with van der Waals surface area (Å²) in [5, 5.41) is 7.21. The van der Waals surface area contributed by atoms with Gasteiger partial charge in [0, 0.05) is 44.2 Å². The van der Waals surface area contributed by atoms with E-state index in [9.17, 15) is 0 Å². The van der Waals surface area contributed by atoms with Crippen LogP contribution in [-0.2, 0) is 5.41 Å². The fourth-order valence-corrected chi connectivity index (χ4v) is 3.71. The molecule has 0 aromatic heterocycles. The van der Waals surface area contributed by atoms with Crippen molar-refractivity contribution in [2.45, 2.75) is 57.0 Å². The molecule has 0 unspecified atom stereocenters. The molecule has 1 aliphatic carbocycles. The Morgan fingerprint density at radius 2 is 1.88 bits per heavy atom. The van der Waals surface area contributed by atoms with Crippen molar-refractivity contribution in [2.24, 2.45) is 4.99 Å². The lowest BCUT2D eigenvalue weighted by Gasteiger charge is -2.35. The summed E-state index contributed by atoms with van der Waals surface area (Å²) in [6.45, 7) is 7.90. The largest absolute Gasteiger partial charge is 0.356 e. The Balaban J connectivity index is 1.48. The van der Waals surface area contributed by atoms with E-state index in [2.05, 4.69) is 64.7 Å². The van der Waals surface area contributed by atoms with Gasteiger partial charge in [0.15, 0.2) is 5.96 Å². The highest BCUT2D eigenvalue weighted by atomic mass is 15.2. The lowest BCUT2D eigenvalue weighted by Crippen LogP contribution is -2.50. The average molecular weight is 329 g/mol. The van der Waals surface area contributed by atoms with Crippen molar-refractivity contribution in [3.05, 3.63) is 35.9 Å². The van der Waals surface area contributed by atoms with Crippen molar-refractivity contribution in [3.8, 4) is 0 Å². The first-order valence-electron chi connectivity index (χ1n) is 9.40. The zero-order chi connectivity index (χ0) is 17.0. The van der Waals surface area contributed by atoms with Gasteiger partial charge in [-0.25, -0.2) is 0 Å². The molecule has 132 valence electrons. The lowest BCUT2D eigenvalue weighted by molar-refractivity contribution is 0.167. The van der Waals surface area contributed by atoms with E-state index in [0.29, 0.717) is 17.5 Å². The fourth-order valence-electron chi connectivity index (χ4n) is 3.71. The van der Waals surface area contributed by atoms with Crippen molar-refractivity contribution in [3.63, 3.8) is 0 Å². The van der Waals surface area contributed by atoms with Crippen LogP contribution in [0.1, 0.15) is 45.1 Å². The lowest BCUT2D eigenvalue weighted by atomic mass is 9.96. The molecular formula is C20H32N4. The Bertz CT molecular complexity index is 540. The first-order valence-corrected chi connectivity index (χ1v) is 9.40. The summed E-state index contributed by atoms with van der Waals surface area (Å²) < 4.78 is 0. The zero-order valence-electron chi connectivity index (χ0n) is 15.4. The number of rotatable bonds is 5. The molecule has 1 heterocycles. The molecule has 1 aliphatic heterocycles. The maximum absolute atomic E-state index is 4.44. The van der Waals surface area contributed by atoms with Crippen molar-refractivity contribution >= 4 is 5.96 Å². The van der Waals surface area contributed by atoms with E-state index >= 15 is 0 Å². The SMILES string of the molecule is CN=C(NCC1(c2ccccc2)CC1)NC1CCN(C(C)C)CC1. The maximum atomic E-state index is 4.44. The van der Waals surface area contributed by atoms with Gasteiger partial charge in [-0.15, -0.1) is 0 Å². The van der Waals surface area contributed by atoms with Gasteiger partial charge in [0.25, 0.3) is 0 Å². The third-order valence-electron chi connectivity index (χ3n) is 5.66. The van der Waals surface area contributed by atoms with Gasteiger partial charge in [0.2, 0.25) is 0 Å². The van der Waals surface area contributed by atoms with Crippen LogP contribution in [-0.4, -0.2) is 49.6 Å². The summed E-state index contributed by atoms with van der Waals surface area (Å²) in [6.07, 6.45) is 4.94. The topological polar surface area (TPSA) is 39.7 Å². The van der Waals surface area contributed by atoms with Gasteiger partial charge in [-0.2, -0.15) is 0 Å². The molecular weight excluding hydrogens is 296 g/mol. The number of hydrogen-bond donors (Lipinski definition) is 2. The summed E-state index contributed by atoms with van der Waals surface area (Å²) in [5.41, 5.74) is 1.78. The highest BCUT2D eigenvalue weighted by Gasteiger charge is 2.44. The van der Waals surface area contributed by atoms with Crippen LogP contribution in [0.25, 0.3) is 0 Å². The zero-order valence-corrected chi connectivity index (χ0v) is 15.4. The molecule has 0 atom stereocenters. The number of guanidine groups is 1. The van der Waals surface area contributed by atoms with Crippen LogP contribution in [0.4, 0.5) is 0 Å². The monoisotopic (exact) mass is 328 g/mol. The van der Waals surface area contributed by atoms with Crippen molar-refractivity contribution in [2.75, 3.05) is 26.7 Å². The predicted molar refractivity (Wildman–Crippen MR) is 102 cm³/mol. The molecule has 4 heteroatoms. The number of nitrogens with one attached hydrogen (secondary N) is 2. The van der Waals surface area contributed by atoms with Crippen LogP contribution in [0.2, 0.25) is 0 Å². The number of benzene rings is 1. The molecule has 2 N–H and O–H groups in total. The van der Waals surface area contributed by atoms with E-state index in [1.807, 2.05) is 7.05 Å². The van der Waals surface area contributed by atoms with Crippen LogP contribution in [0.3, 0.4) is 0 Å². The van der Waals surface area contributed by atoms with Gasteiger partial charge in [-0.05, 0) is 45.1 Å². The Morgan fingerprint density at radius 1 is 1.21 bits per heavy atom. The van der Waals surface area contributed by atoms with Gasteiger partial charge >= 0.3 is 0 Å². The normalized spacial score (nSPS) is 21.8. The summed E-state index contributed by atoms with van der Waals surface area (Å²) in [4.78, 5) is 7.00. The second-order valence-electron chi connectivity index (χ2n) is 7.62. The number of likely N-dealkylation sites (tertiary alicyclic amines) is 1. The van der Waals surface area contributed by atoms with E-state index in [1.165, 1.54) is 44.3 Å². The van der Waals surface area contributed by atoms with Gasteiger partial charge in [0.1, 0.15) is 0 Å². The Kier molecular flexibility index (Phi) is 5.44. The minimum Gasteiger partial charge on any atom is -0.356 e. The average Bonchev–Trinajstić information content (AvgIpc) is 3.41. The van der Waals surface area contributed by atoms with Crippen LogP contribution in [0.15, 0.2) is 35.3 Å². The minimum atomic E-state index is 0.319. The fraction of sp³-hybridized carbons (Fsp3) is 0.650. The second-order valence-corrected chi connectivity index (χ2v) is 7.62. The Morgan fingerprint density at radius 3 is 2.42 bits per heavy atom. The standard InChI is InChI=1S/C20H32N4/c1-16(2)24-13-9-18(10-14-24)23-19(21-3)22-15-20(11-12-20)17-7-5-4-6-8-17/h4-8,16,18H,9-15H2,1-3H3,(H2,21,22,23). The quantitative estimate of drug-likeness (QED) is 0.645. The molecule has 0 spiro atoms. The molecule has 0 amide bonds. The Hall–Kier alpha value is -1.55. The van der Waals surface area contributed by atoms with Gasteiger partial charge in [-0.1, -0.05) is 30.3 Å². The van der Waals surface area contributed by atoms with Crippen molar-refractivity contribution in [1.29, 1.82) is 0 Å².